The van der Waals surface area contributed by atoms with Gasteiger partial charge in [0.2, 0.25) is 0 Å². The number of aliphatic hydroxyl groups excluding tert-OH is 1. The highest BCUT2D eigenvalue weighted by atomic mass is 79.9. The molecule has 1 aliphatic heterocycles. The molecule has 1 fully saturated rings. The highest BCUT2D eigenvalue weighted by Gasteiger charge is 2.50. The van der Waals surface area contributed by atoms with Gasteiger partial charge in [-0.25, -0.2) is 9.18 Å². The summed E-state index contributed by atoms with van der Waals surface area (Å²) in [6.45, 7) is 2.11. The van der Waals surface area contributed by atoms with Gasteiger partial charge in [0.25, 0.3) is 5.91 Å². The highest BCUT2D eigenvalue weighted by molar-refractivity contribution is 9.10. The predicted octanol–water partition coefficient (Wildman–Crippen LogP) is 4.93. The molecular weight excluding hydrogens is 555 g/mol. The first-order valence-electron chi connectivity index (χ1n) is 12.3. The molecule has 1 aliphatic rings. The summed E-state index contributed by atoms with van der Waals surface area (Å²) >= 11 is 3.38. The van der Waals surface area contributed by atoms with Crippen LogP contribution in [-0.2, 0) is 21.6 Å². The van der Waals surface area contributed by atoms with Gasteiger partial charge in [0, 0.05) is 21.5 Å². The van der Waals surface area contributed by atoms with Crippen LogP contribution in [0.1, 0.15) is 34.8 Å². The Morgan fingerprint density at radius 2 is 1.82 bits per heavy atom. The number of aliphatic hydroxyl groups is 1. The summed E-state index contributed by atoms with van der Waals surface area (Å²) in [7, 11) is 0. The topological polar surface area (TPSA) is 96.9 Å². The maximum absolute atomic E-state index is 15.3. The standard InChI is InChI=1S/C29H30BrFN2O5/c1-19(34)24-15-23(17-37-16-20-8-4-2-5-9-20)38-18-29(24,25-14-22(30)12-13-26(25)31)33-28(36)32-27(35)21-10-6-3-7-11-21/h2-14,19,23-24,34H,15-18H2,1H3,(H2,32,33,35,36)/t19-,23+,24-,29-/m0/s1. The fourth-order valence-electron chi connectivity index (χ4n) is 4.83. The number of nitrogens with one attached hydrogen (secondary N) is 2. The molecular formula is C29H30BrFN2O5. The lowest BCUT2D eigenvalue weighted by Crippen LogP contribution is -2.63. The average Bonchev–Trinajstić information content (AvgIpc) is 2.91. The van der Waals surface area contributed by atoms with E-state index in [1.165, 1.54) is 6.07 Å². The molecule has 4 rings (SSSR count). The van der Waals surface area contributed by atoms with Crippen molar-refractivity contribution in [2.24, 2.45) is 5.92 Å². The van der Waals surface area contributed by atoms with Crippen LogP contribution in [0, 0.1) is 11.7 Å². The van der Waals surface area contributed by atoms with Crippen LogP contribution in [0.25, 0.3) is 0 Å². The molecule has 0 radical (unpaired) electrons. The summed E-state index contributed by atoms with van der Waals surface area (Å²) in [6, 6.07) is 21.5. The molecule has 1 heterocycles. The van der Waals surface area contributed by atoms with E-state index in [1.54, 1.807) is 49.4 Å². The second-order valence-electron chi connectivity index (χ2n) is 9.39. The van der Waals surface area contributed by atoms with Crippen LogP contribution in [-0.4, -0.2) is 42.5 Å². The smallest absolute Gasteiger partial charge is 0.322 e. The van der Waals surface area contributed by atoms with Crippen molar-refractivity contribution in [3.05, 3.63) is 106 Å². The molecule has 4 atom stereocenters. The summed E-state index contributed by atoms with van der Waals surface area (Å²) in [5.74, 6) is -1.83. The lowest BCUT2D eigenvalue weighted by Gasteiger charge is -2.48. The molecule has 0 aliphatic carbocycles. The monoisotopic (exact) mass is 584 g/mol. The summed E-state index contributed by atoms with van der Waals surface area (Å²) < 4.78 is 27.8. The van der Waals surface area contributed by atoms with E-state index in [2.05, 4.69) is 26.6 Å². The lowest BCUT2D eigenvalue weighted by atomic mass is 9.71. The van der Waals surface area contributed by atoms with Crippen LogP contribution in [0.5, 0.6) is 0 Å². The third-order valence-corrected chi connectivity index (χ3v) is 7.20. The number of imide groups is 1. The van der Waals surface area contributed by atoms with E-state index >= 15 is 4.39 Å². The normalized spacial score (nSPS) is 21.9. The van der Waals surface area contributed by atoms with Crippen molar-refractivity contribution < 1.29 is 28.6 Å². The van der Waals surface area contributed by atoms with Gasteiger partial charge in [0.05, 0.1) is 37.6 Å². The second-order valence-corrected chi connectivity index (χ2v) is 10.3. The van der Waals surface area contributed by atoms with Gasteiger partial charge in [0.15, 0.2) is 0 Å². The van der Waals surface area contributed by atoms with Gasteiger partial charge in [-0.15, -0.1) is 0 Å². The van der Waals surface area contributed by atoms with Crippen molar-refractivity contribution in [3.8, 4) is 0 Å². The third kappa shape index (κ3) is 6.66. The van der Waals surface area contributed by atoms with E-state index in [0.717, 1.165) is 5.56 Å². The van der Waals surface area contributed by atoms with Crippen molar-refractivity contribution in [1.29, 1.82) is 0 Å². The Bertz CT molecular complexity index is 1240. The molecule has 0 bridgehead atoms. The Hall–Kier alpha value is -3.11. The number of urea groups is 1. The Morgan fingerprint density at radius 1 is 1.13 bits per heavy atom. The molecule has 0 unspecified atom stereocenters. The number of halogens is 2. The van der Waals surface area contributed by atoms with E-state index in [-0.39, 0.29) is 25.2 Å². The van der Waals surface area contributed by atoms with Gasteiger partial charge < -0.3 is 19.9 Å². The molecule has 1 saturated heterocycles. The van der Waals surface area contributed by atoms with Crippen molar-refractivity contribution >= 4 is 27.9 Å². The van der Waals surface area contributed by atoms with Crippen LogP contribution < -0.4 is 10.6 Å². The van der Waals surface area contributed by atoms with Gasteiger partial charge in [-0.05, 0) is 49.2 Å². The molecule has 200 valence electrons. The van der Waals surface area contributed by atoms with E-state index in [4.69, 9.17) is 9.47 Å². The minimum atomic E-state index is -1.46. The summed E-state index contributed by atoms with van der Waals surface area (Å²) in [5, 5.41) is 16.0. The molecule has 0 spiro atoms. The van der Waals surface area contributed by atoms with Crippen LogP contribution >= 0.6 is 15.9 Å². The molecule has 38 heavy (non-hydrogen) atoms. The van der Waals surface area contributed by atoms with Gasteiger partial charge >= 0.3 is 6.03 Å². The maximum Gasteiger partial charge on any atom is 0.322 e. The van der Waals surface area contributed by atoms with Gasteiger partial charge in [0.1, 0.15) is 5.82 Å². The number of amides is 3. The number of hydrogen-bond donors (Lipinski definition) is 3. The summed E-state index contributed by atoms with van der Waals surface area (Å²) in [5.41, 5.74) is -0.00187. The fraction of sp³-hybridized carbons (Fsp3) is 0.310. The van der Waals surface area contributed by atoms with Gasteiger partial charge in [-0.1, -0.05) is 64.5 Å². The van der Waals surface area contributed by atoms with E-state index in [1.807, 2.05) is 30.3 Å². The quantitative estimate of drug-likeness (QED) is 0.349. The summed E-state index contributed by atoms with van der Waals surface area (Å²) in [4.78, 5) is 25.7. The molecule has 3 aromatic rings. The first-order chi connectivity index (χ1) is 18.3. The maximum atomic E-state index is 15.3. The molecule has 0 aromatic heterocycles. The Labute approximate surface area is 229 Å². The van der Waals surface area contributed by atoms with Crippen molar-refractivity contribution in [2.75, 3.05) is 13.2 Å². The third-order valence-electron chi connectivity index (χ3n) is 6.70. The first kappa shape index (κ1) is 27.9. The number of carbonyl (C=O) groups is 2. The van der Waals surface area contributed by atoms with Crippen molar-refractivity contribution in [3.63, 3.8) is 0 Å². The van der Waals surface area contributed by atoms with E-state index < -0.39 is 41.4 Å². The Morgan fingerprint density at radius 3 is 2.50 bits per heavy atom. The Kier molecular flexibility index (Phi) is 9.27. The molecule has 3 amide bonds. The zero-order valence-electron chi connectivity index (χ0n) is 20.9. The largest absolute Gasteiger partial charge is 0.393 e. The Balaban J connectivity index is 1.56. The molecule has 3 N–H and O–H groups in total. The van der Waals surface area contributed by atoms with Crippen LogP contribution in [0.15, 0.2) is 83.3 Å². The SMILES string of the molecule is C[C@H](O)[C@@H]1C[C@H](COCc2ccccc2)OC[C@@]1(NC(=O)NC(=O)c1ccccc1)c1cc(Br)ccc1F. The van der Waals surface area contributed by atoms with Crippen molar-refractivity contribution in [1.82, 2.24) is 10.6 Å². The number of rotatable bonds is 8. The minimum Gasteiger partial charge on any atom is -0.393 e. The number of benzene rings is 3. The van der Waals surface area contributed by atoms with Gasteiger partial charge in [-0.2, -0.15) is 0 Å². The fourth-order valence-corrected chi connectivity index (χ4v) is 5.19. The lowest BCUT2D eigenvalue weighted by molar-refractivity contribution is -0.126. The molecule has 7 nitrogen and oxygen atoms in total. The minimum absolute atomic E-state index is 0.137. The van der Waals surface area contributed by atoms with Crippen LogP contribution in [0.3, 0.4) is 0 Å². The highest BCUT2D eigenvalue weighted by Crippen LogP contribution is 2.42. The predicted molar refractivity (Wildman–Crippen MR) is 144 cm³/mol. The average molecular weight is 585 g/mol. The van der Waals surface area contributed by atoms with Crippen LogP contribution in [0.4, 0.5) is 9.18 Å². The van der Waals surface area contributed by atoms with Gasteiger partial charge in [-0.3, -0.25) is 10.1 Å². The molecule has 3 aromatic carbocycles. The number of ether oxygens (including phenoxy) is 2. The van der Waals surface area contributed by atoms with Crippen LogP contribution in [0.2, 0.25) is 0 Å². The zero-order valence-corrected chi connectivity index (χ0v) is 22.5. The molecule has 9 heteroatoms. The van der Waals surface area contributed by atoms with E-state index in [0.29, 0.717) is 16.6 Å². The zero-order chi connectivity index (χ0) is 27.1. The first-order valence-corrected chi connectivity index (χ1v) is 13.1. The molecule has 0 saturated carbocycles. The van der Waals surface area contributed by atoms with E-state index in [9.17, 15) is 14.7 Å². The number of hydrogen-bond acceptors (Lipinski definition) is 5. The number of carbonyl (C=O) groups excluding carboxylic acids is 2. The second kappa shape index (κ2) is 12.6. The summed E-state index contributed by atoms with van der Waals surface area (Å²) in [6.07, 6.45) is -1.05. The van der Waals surface area contributed by atoms with Crippen molar-refractivity contribution in [2.45, 2.75) is 37.7 Å².